The average molecular weight is 386 g/mol. The van der Waals surface area contributed by atoms with Gasteiger partial charge in [0.1, 0.15) is 5.69 Å². The first-order valence-electron chi connectivity index (χ1n) is 11.1. The molecule has 0 saturated heterocycles. The van der Waals surface area contributed by atoms with E-state index in [-0.39, 0.29) is 11.9 Å². The molecule has 5 nitrogen and oxygen atoms in total. The molecule has 0 aliphatic heterocycles. The fourth-order valence-electron chi connectivity index (χ4n) is 4.30. The molecule has 1 saturated carbocycles. The molecular formula is C23H35N3O2. The first-order valence-corrected chi connectivity index (χ1v) is 11.1. The molecule has 1 aliphatic rings. The number of carbonyl (C=O) groups is 1. The summed E-state index contributed by atoms with van der Waals surface area (Å²) in [5.74, 6) is 0.692. The van der Waals surface area contributed by atoms with Crippen LogP contribution >= 0.6 is 0 Å². The number of aromatic nitrogens is 2. The summed E-state index contributed by atoms with van der Waals surface area (Å²) in [6.45, 7) is 2.04. The maximum atomic E-state index is 13.2. The molecule has 3 rings (SSSR count). The van der Waals surface area contributed by atoms with Crippen molar-refractivity contribution in [3.63, 3.8) is 0 Å². The molecule has 5 heteroatoms. The van der Waals surface area contributed by atoms with Gasteiger partial charge in [-0.3, -0.25) is 9.20 Å². The summed E-state index contributed by atoms with van der Waals surface area (Å²) in [6.07, 6.45) is 16.5. The molecule has 1 N–H and O–H groups in total. The van der Waals surface area contributed by atoms with Crippen LogP contribution in [0.5, 0.6) is 5.75 Å². The second-order valence-electron chi connectivity index (χ2n) is 7.96. The summed E-state index contributed by atoms with van der Waals surface area (Å²) in [7, 11) is 1.64. The minimum absolute atomic E-state index is 0.00491. The highest BCUT2D eigenvalue weighted by Gasteiger charge is 2.22. The number of nitrogens with one attached hydrogen (secondary N) is 1. The lowest BCUT2D eigenvalue weighted by Gasteiger charge is -2.20. The largest absolute Gasteiger partial charge is 0.493 e. The zero-order valence-corrected chi connectivity index (χ0v) is 17.5. The van der Waals surface area contributed by atoms with E-state index in [0.717, 1.165) is 25.0 Å². The number of rotatable bonds is 4. The third-order valence-electron chi connectivity index (χ3n) is 5.90. The van der Waals surface area contributed by atoms with Crippen molar-refractivity contribution in [2.45, 2.75) is 90.0 Å². The van der Waals surface area contributed by atoms with E-state index in [2.05, 4.69) is 10.3 Å². The molecule has 1 fully saturated rings. The van der Waals surface area contributed by atoms with Gasteiger partial charge in [-0.05, 0) is 31.4 Å². The zero-order valence-electron chi connectivity index (χ0n) is 17.5. The Kier molecular flexibility index (Phi) is 7.75. The van der Waals surface area contributed by atoms with E-state index in [1.54, 1.807) is 7.11 Å². The Bertz CT molecular complexity index is 757. The van der Waals surface area contributed by atoms with Crippen LogP contribution in [0.15, 0.2) is 18.3 Å². The second kappa shape index (κ2) is 10.5. The van der Waals surface area contributed by atoms with Crippen LogP contribution in [0.4, 0.5) is 0 Å². The summed E-state index contributed by atoms with van der Waals surface area (Å²) >= 11 is 0. The van der Waals surface area contributed by atoms with E-state index in [1.807, 2.05) is 29.7 Å². The van der Waals surface area contributed by atoms with Crippen molar-refractivity contribution in [3.8, 4) is 5.75 Å². The Hall–Kier alpha value is -2.04. The molecule has 2 heterocycles. The van der Waals surface area contributed by atoms with Gasteiger partial charge in [-0.1, -0.05) is 64.7 Å². The smallest absolute Gasteiger partial charge is 0.270 e. The number of ether oxygens (including phenoxy) is 1. The number of aryl methyl sites for hydroxylation is 1. The van der Waals surface area contributed by atoms with E-state index in [0.29, 0.717) is 17.1 Å². The summed E-state index contributed by atoms with van der Waals surface area (Å²) < 4.78 is 7.31. The van der Waals surface area contributed by atoms with Gasteiger partial charge < -0.3 is 10.1 Å². The monoisotopic (exact) mass is 385 g/mol. The highest BCUT2D eigenvalue weighted by atomic mass is 16.5. The number of pyridine rings is 1. The number of amides is 1. The van der Waals surface area contributed by atoms with Crippen molar-refractivity contribution in [2.75, 3.05) is 7.11 Å². The summed E-state index contributed by atoms with van der Waals surface area (Å²) in [4.78, 5) is 17.9. The molecule has 28 heavy (non-hydrogen) atoms. The van der Waals surface area contributed by atoms with Crippen molar-refractivity contribution in [1.29, 1.82) is 0 Å². The van der Waals surface area contributed by atoms with Crippen molar-refractivity contribution in [1.82, 2.24) is 14.7 Å². The number of methoxy groups -OCH3 is 1. The van der Waals surface area contributed by atoms with E-state index in [9.17, 15) is 4.79 Å². The van der Waals surface area contributed by atoms with Gasteiger partial charge in [-0.25, -0.2) is 4.98 Å². The maximum Gasteiger partial charge on any atom is 0.270 e. The number of nitrogens with zero attached hydrogens (tertiary/aromatic N) is 2. The third-order valence-corrected chi connectivity index (χ3v) is 5.90. The molecule has 0 unspecified atom stereocenters. The van der Waals surface area contributed by atoms with Crippen molar-refractivity contribution in [3.05, 3.63) is 29.7 Å². The topological polar surface area (TPSA) is 55.6 Å². The Labute approximate surface area is 168 Å². The van der Waals surface area contributed by atoms with Crippen molar-refractivity contribution < 1.29 is 9.53 Å². The van der Waals surface area contributed by atoms with Gasteiger partial charge in [0.25, 0.3) is 5.91 Å². The maximum absolute atomic E-state index is 13.2. The quantitative estimate of drug-likeness (QED) is 0.776. The first-order chi connectivity index (χ1) is 13.7. The van der Waals surface area contributed by atoms with Crippen LogP contribution in [-0.4, -0.2) is 28.4 Å². The minimum Gasteiger partial charge on any atom is -0.493 e. The molecule has 0 atom stereocenters. The number of imidazole rings is 1. The average Bonchev–Trinajstić information content (AvgIpc) is 3.08. The molecule has 2 aromatic heterocycles. The number of fused-ring (bicyclic) bond motifs is 1. The number of hydrogen-bond donors (Lipinski definition) is 1. The highest BCUT2D eigenvalue weighted by Crippen LogP contribution is 2.23. The molecule has 0 bridgehead atoms. The minimum atomic E-state index is -0.00491. The predicted molar refractivity (Wildman–Crippen MR) is 113 cm³/mol. The highest BCUT2D eigenvalue weighted by molar-refractivity contribution is 5.95. The first kappa shape index (κ1) is 20.7. The fourth-order valence-corrected chi connectivity index (χ4v) is 4.30. The Balaban J connectivity index is 1.76. The summed E-state index contributed by atoms with van der Waals surface area (Å²) in [5.41, 5.74) is 2.20. The lowest BCUT2D eigenvalue weighted by Crippen LogP contribution is -2.36. The lowest BCUT2D eigenvalue weighted by molar-refractivity contribution is 0.0924. The van der Waals surface area contributed by atoms with Gasteiger partial charge in [-0.15, -0.1) is 0 Å². The van der Waals surface area contributed by atoms with Crippen LogP contribution in [-0.2, 0) is 6.42 Å². The number of carbonyl (C=O) groups excluding carboxylic acids is 1. The molecule has 0 aromatic carbocycles. The molecule has 0 radical (unpaired) electrons. The molecule has 154 valence electrons. The summed E-state index contributed by atoms with van der Waals surface area (Å²) in [5, 5.41) is 3.34. The fraction of sp³-hybridized carbons (Fsp3) is 0.652. The van der Waals surface area contributed by atoms with Crippen molar-refractivity contribution in [2.24, 2.45) is 0 Å². The van der Waals surface area contributed by atoms with Crippen LogP contribution in [0.1, 0.15) is 93.7 Å². The van der Waals surface area contributed by atoms with E-state index in [1.165, 1.54) is 57.8 Å². The SMILES string of the molecule is CCc1nc2c(OC)cccn2c1C(=O)NC1CCCCCCCCCCC1. The number of hydrogen-bond acceptors (Lipinski definition) is 3. The molecule has 1 amide bonds. The Morgan fingerprint density at radius 2 is 1.71 bits per heavy atom. The van der Waals surface area contributed by atoms with E-state index >= 15 is 0 Å². The van der Waals surface area contributed by atoms with Gasteiger partial charge in [0.15, 0.2) is 11.4 Å². The molecule has 0 spiro atoms. The normalized spacial score (nSPS) is 17.6. The van der Waals surface area contributed by atoms with Gasteiger partial charge in [-0.2, -0.15) is 0 Å². The van der Waals surface area contributed by atoms with E-state index in [4.69, 9.17) is 4.74 Å². The zero-order chi connectivity index (χ0) is 19.8. The van der Waals surface area contributed by atoms with Gasteiger partial charge in [0.2, 0.25) is 0 Å². The Morgan fingerprint density at radius 3 is 2.29 bits per heavy atom. The Morgan fingerprint density at radius 1 is 1.11 bits per heavy atom. The lowest BCUT2D eigenvalue weighted by atomic mass is 9.98. The van der Waals surface area contributed by atoms with Crippen LogP contribution < -0.4 is 10.1 Å². The molecule has 1 aliphatic carbocycles. The van der Waals surface area contributed by atoms with Crippen LogP contribution in [0.3, 0.4) is 0 Å². The molecule has 2 aromatic rings. The standard InChI is InChI=1S/C23H35N3O2/c1-3-19-21(26-17-13-16-20(28-2)22(26)25-19)23(27)24-18-14-11-9-7-5-4-6-8-10-12-15-18/h13,16-18H,3-12,14-15H2,1-2H3,(H,24,27). The summed E-state index contributed by atoms with van der Waals surface area (Å²) in [6, 6.07) is 4.04. The third kappa shape index (κ3) is 5.06. The van der Waals surface area contributed by atoms with Gasteiger partial charge in [0.05, 0.1) is 12.8 Å². The van der Waals surface area contributed by atoms with Gasteiger partial charge >= 0.3 is 0 Å². The van der Waals surface area contributed by atoms with Crippen LogP contribution in [0.2, 0.25) is 0 Å². The van der Waals surface area contributed by atoms with Crippen molar-refractivity contribution >= 4 is 11.6 Å². The van der Waals surface area contributed by atoms with E-state index < -0.39 is 0 Å². The molecular weight excluding hydrogens is 350 g/mol. The predicted octanol–water partition coefficient (Wildman–Crippen LogP) is 5.31. The van der Waals surface area contributed by atoms with Crippen LogP contribution in [0, 0.1) is 0 Å². The second-order valence-corrected chi connectivity index (χ2v) is 7.96. The van der Waals surface area contributed by atoms with Gasteiger partial charge in [0, 0.05) is 12.2 Å². The van der Waals surface area contributed by atoms with Crippen LogP contribution in [0.25, 0.3) is 5.65 Å².